The summed E-state index contributed by atoms with van der Waals surface area (Å²) in [5.41, 5.74) is 1.67. The fraction of sp³-hybridized carbons (Fsp3) is 0.143. The van der Waals surface area contributed by atoms with Crippen LogP contribution in [0.15, 0.2) is 57.9 Å². The van der Waals surface area contributed by atoms with Crippen molar-refractivity contribution in [2.75, 3.05) is 14.2 Å². The van der Waals surface area contributed by atoms with Crippen LogP contribution in [0.25, 0.3) is 10.6 Å². The molecule has 0 fully saturated rings. The lowest BCUT2D eigenvalue weighted by molar-refractivity contribution is 0.0686. The normalized spacial score (nSPS) is 10.8. The molecule has 0 aliphatic rings. The number of carboxylic acid groups (broad SMARTS) is 1. The highest BCUT2D eigenvalue weighted by atomic mass is 35.5. The number of nitrogens with zero attached hydrogens (tertiary/aromatic N) is 4. The summed E-state index contributed by atoms with van der Waals surface area (Å²) in [5.74, 6) is 0.150. The summed E-state index contributed by atoms with van der Waals surface area (Å²) in [4.78, 5) is 16.3. The van der Waals surface area contributed by atoms with Gasteiger partial charge in [-0.2, -0.15) is 0 Å². The van der Waals surface area contributed by atoms with E-state index < -0.39 is 5.97 Å². The van der Waals surface area contributed by atoms with Crippen LogP contribution >= 0.6 is 34.7 Å². The zero-order valence-corrected chi connectivity index (χ0v) is 19.4. The first-order valence-electron chi connectivity index (χ1n) is 9.25. The highest BCUT2D eigenvalue weighted by Crippen LogP contribution is 2.36. The van der Waals surface area contributed by atoms with Gasteiger partial charge >= 0.3 is 5.97 Å². The predicted molar refractivity (Wildman–Crippen MR) is 122 cm³/mol. The average Bonchev–Trinajstić information content (AvgIpc) is 3.42. The molecule has 0 aliphatic heterocycles. The number of aromatic nitrogens is 4. The number of ether oxygens (including phenoxy) is 2. The molecular formula is C21H17ClN4O4S2. The molecule has 11 heteroatoms. The van der Waals surface area contributed by atoms with Gasteiger partial charge in [0, 0.05) is 10.9 Å². The summed E-state index contributed by atoms with van der Waals surface area (Å²) in [6.45, 7) is 0.359. The maximum absolute atomic E-state index is 11.7. The number of methoxy groups -OCH3 is 2. The van der Waals surface area contributed by atoms with Crippen molar-refractivity contribution >= 4 is 40.7 Å². The third kappa shape index (κ3) is 4.72. The summed E-state index contributed by atoms with van der Waals surface area (Å²) in [7, 11) is 3.15. The van der Waals surface area contributed by atoms with Gasteiger partial charge in [0.2, 0.25) is 5.69 Å². The Bertz CT molecular complexity index is 1260. The summed E-state index contributed by atoms with van der Waals surface area (Å²) < 4.78 is 12.0. The second kappa shape index (κ2) is 9.60. The Morgan fingerprint density at radius 1 is 1.19 bits per heavy atom. The molecule has 32 heavy (non-hydrogen) atoms. The average molecular weight is 489 g/mol. The van der Waals surface area contributed by atoms with Crippen LogP contribution in [0, 0.1) is 0 Å². The largest absolute Gasteiger partial charge is 0.497 e. The molecule has 0 saturated carbocycles. The van der Waals surface area contributed by atoms with Gasteiger partial charge in [0.1, 0.15) is 26.6 Å². The monoisotopic (exact) mass is 488 g/mol. The Balaban J connectivity index is 1.61. The molecule has 1 N–H and O–H groups in total. The number of carboxylic acids is 1. The molecular weight excluding hydrogens is 472 g/mol. The number of benzene rings is 2. The number of hydrogen-bond donors (Lipinski definition) is 1. The third-order valence-electron chi connectivity index (χ3n) is 4.47. The maximum Gasteiger partial charge on any atom is 0.359 e. The molecule has 0 radical (unpaired) electrons. The zero-order chi connectivity index (χ0) is 22.7. The molecule has 0 saturated heterocycles. The quantitative estimate of drug-likeness (QED) is 0.371. The Morgan fingerprint density at radius 2 is 1.97 bits per heavy atom. The van der Waals surface area contributed by atoms with Crippen molar-refractivity contribution in [3.8, 4) is 22.1 Å². The van der Waals surface area contributed by atoms with Gasteiger partial charge < -0.3 is 14.6 Å². The fourth-order valence-electron chi connectivity index (χ4n) is 2.88. The minimum atomic E-state index is -1.15. The molecule has 0 amide bonds. The van der Waals surface area contributed by atoms with E-state index in [1.807, 2.05) is 41.8 Å². The van der Waals surface area contributed by atoms with Gasteiger partial charge in [-0.05, 0) is 41.6 Å². The lowest BCUT2D eigenvalue weighted by atomic mass is 10.2. The van der Waals surface area contributed by atoms with Crippen molar-refractivity contribution in [3.63, 3.8) is 0 Å². The second-order valence-electron chi connectivity index (χ2n) is 6.50. The fourth-order valence-corrected chi connectivity index (χ4v) is 4.91. The number of hydrogen-bond acceptors (Lipinski definition) is 8. The predicted octanol–water partition coefficient (Wildman–Crippen LogP) is 4.97. The van der Waals surface area contributed by atoms with Crippen molar-refractivity contribution in [1.29, 1.82) is 0 Å². The van der Waals surface area contributed by atoms with E-state index >= 15 is 0 Å². The van der Waals surface area contributed by atoms with Crippen LogP contribution in [-0.4, -0.2) is 45.3 Å². The van der Waals surface area contributed by atoms with E-state index in [-0.39, 0.29) is 5.69 Å². The highest BCUT2D eigenvalue weighted by molar-refractivity contribution is 7.99. The van der Waals surface area contributed by atoms with E-state index in [0.717, 1.165) is 21.9 Å². The molecule has 0 aliphatic carbocycles. The Hall–Kier alpha value is -3.08. The van der Waals surface area contributed by atoms with Crippen LogP contribution in [-0.2, 0) is 6.54 Å². The Labute approximate surface area is 196 Å². The van der Waals surface area contributed by atoms with Gasteiger partial charge in [-0.1, -0.05) is 35.0 Å². The number of carbonyl (C=O) groups is 1. The van der Waals surface area contributed by atoms with Crippen LogP contribution in [0.2, 0.25) is 5.02 Å². The van der Waals surface area contributed by atoms with Crippen LogP contribution in [0.5, 0.6) is 11.5 Å². The Morgan fingerprint density at radius 3 is 2.66 bits per heavy atom. The van der Waals surface area contributed by atoms with Crippen LogP contribution < -0.4 is 9.47 Å². The van der Waals surface area contributed by atoms with Crippen molar-refractivity contribution in [3.05, 3.63) is 64.1 Å². The topological polar surface area (TPSA) is 99.4 Å². The smallest absolute Gasteiger partial charge is 0.359 e. The summed E-state index contributed by atoms with van der Waals surface area (Å²) >= 11 is 8.75. The standard InChI is InChI=1S/C21H17ClN4O4S2/c1-29-14-6-3-12(4-7-14)10-26-20(18(21(27)28)24-25-26)32-17-11-31-19(23-17)13-5-8-15(22)16(9-13)30-2/h3-9,11H,10H2,1-2H3,(H,27,28). The van der Waals surface area contributed by atoms with Crippen molar-refractivity contribution in [1.82, 2.24) is 20.0 Å². The Kier molecular flexibility index (Phi) is 6.63. The maximum atomic E-state index is 11.7. The van der Waals surface area contributed by atoms with Crippen molar-refractivity contribution in [2.45, 2.75) is 16.6 Å². The summed E-state index contributed by atoms with van der Waals surface area (Å²) in [5, 5.41) is 21.6. The van der Waals surface area contributed by atoms with Crippen molar-refractivity contribution in [2.24, 2.45) is 0 Å². The molecule has 0 atom stereocenters. The van der Waals surface area contributed by atoms with Gasteiger partial charge in [-0.25, -0.2) is 14.5 Å². The number of thiazole rings is 1. The first-order chi connectivity index (χ1) is 15.5. The molecule has 0 spiro atoms. The summed E-state index contributed by atoms with van der Waals surface area (Å²) in [6.07, 6.45) is 0. The minimum absolute atomic E-state index is 0.119. The molecule has 4 aromatic rings. The van der Waals surface area contributed by atoms with E-state index in [4.69, 9.17) is 21.1 Å². The van der Waals surface area contributed by atoms with E-state index in [2.05, 4.69) is 15.3 Å². The second-order valence-corrected chi connectivity index (χ2v) is 8.77. The molecule has 8 nitrogen and oxygen atoms in total. The third-order valence-corrected chi connectivity index (χ3v) is 6.83. The van der Waals surface area contributed by atoms with E-state index in [0.29, 0.717) is 27.4 Å². The zero-order valence-electron chi connectivity index (χ0n) is 17.0. The minimum Gasteiger partial charge on any atom is -0.497 e. The highest BCUT2D eigenvalue weighted by Gasteiger charge is 2.22. The molecule has 2 aromatic heterocycles. The number of rotatable bonds is 8. The first kappa shape index (κ1) is 22.1. The molecule has 164 valence electrons. The van der Waals surface area contributed by atoms with Gasteiger partial charge in [-0.15, -0.1) is 16.4 Å². The molecule has 2 heterocycles. The summed E-state index contributed by atoms with van der Waals surface area (Å²) in [6, 6.07) is 12.9. The lowest BCUT2D eigenvalue weighted by Crippen LogP contribution is -2.05. The molecule has 0 unspecified atom stereocenters. The first-order valence-corrected chi connectivity index (χ1v) is 11.3. The van der Waals surface area contributed by atoms with E-state index in [1.165, 1.54) is 23.1 Å². The SMILES string of the molecule is COc1ccc(Cn2nnc(C(=O)O)c2Sc2csc(-c3ccc(Cl)c(OC)c3)n2)cc1. The number of aromatic carboxylic acids is 1. The van der Waals surface area contributed by atoms with Gasteiger partial charge in [0.15, 0.2) is 0 Å². The van der Waals surface area contributed by atoms with Crippen LogP contribution in [0.1, 0.15) is 16.1 Å². The van der Waals surface area contributed by atoms with Gasteiger partial charge in [0.05, 0.1) is 25.8 Å². The van der Waals surface area contributed by atoms with E-state index in [9.17, 15) is 9.90 Å². The van der Waals surface area contributed by atoms with Gasteiger partial charge in [-0.3, -0.25) is 0 Å². The van der Waals surface area contributed by atoms with Crippen LogP contribution in [0.3, 0.4) is 0 Å². The molecule has 2 aromatic carbocycles. The van der Waals surface area contributed by atoms with Gasteiger partial charge in [0.25, 0.3) is 0 Å². The molecule has 4 rings (SSSR count). The van der Waals surface area contributed by atoms with Crippen molar-refractivity contribution < 1.29 is 19.4 Å². The lowest BCUT2D eigenvalue weighted by Gasteiger charge is -2.07. The number of halogens is 1. The van der Waals surface area contributed by atoms with Crippen LogP contribution in [0.4, 0.5) is 0 Å². The van der Waals surface area contributed by atoms with E-state index in [1.54, 1.807) is 25.0 Å². The molecule has 0 bridgehead atoms.